The average molecular weight is 301 g/mol. The smallest absolute Gasteiger partial charge is 0.347 e. The first kappa shape index (κ1) is 18.2. The fourth-order valence-corrected chi connectivity index (χ4v) is 8.73. The molecule has 0 heterocycles. The van der Waals surface area contributed by atoms with Crippen LogP contribution < -0.4 is 0 Å². The maximum absolute atomic E-state index is 6.61. The molecule has 120 valence electrons. The second kappa shape index (κ2) is 7.95. The number of hydrogen-bond donors (Lipinski definition) is 0. The molecule has 20 heavy (non-hydrogen) atoms. The van der Waals surface area contributed by atoms with Crippen molar-refractivity contribution in [2.45, 2.75) is 90.6 Å². The highest BCUT2D eigenvalue weighted by Crippen LogP contribution is 2.55. The summed E-state index contributed by atoms with van der Waals surface area (Å²) in [5.41, 5.74) is 0.693. The van der Waals surface area contributed by atoms with Crippen LogP contribution in [0.25, 0.3) is 0 Å². The lowest BCUT2D eigenvalue weighted by atomic mass is 9.99. The van der Waals surface area contributed by atoms with E-state index in [1.807, 2.05) is 0 Å². The molecule has 0 saturated heterocycles. The van der Waals surface area contributed by atoms with Gasteiger partial charge in [0.1, 0.15) is 0 Å². The summed E-state index contributed by atoms with van der Waals surface area (Å²) in [6.07, 6.45) is 7.53. The van der Waals surface area contributed by atoms with Gasteiger partial charge in [-0.1, -0.05) is 54.4 Å². The van der Waals surface area contributed by atoms with Crippen molar-refractivity contribution < 1.29 is 8.85 Å². The second-order valence-corrected chi connectivity index (χ2v) is 11.2. The lowest BCUT2D eigenvalue weighted by Gasteiger charge is -2.49. The molecule has 1 fully saturated rings. The van der Waals surface area contributed by atoms with Gasteiger partial charge in [-0.3, -0.25) is 0 Å². The van der Waals surface area contributed by atoms with Crippen LogP contribution in [0.2, 0.25) is 10.6 Å². The first-order valence-corrected chi connectivity index (χ1v) is 10.6. The molecule has 0 N–H and O–H groups in total. The molecule has 0 bridgehead atoms. The Morgan fingerprint density at radius 2 is 1.45 bits per heavy atom. The largest absolute Gasteiger partial charge is 0.394 e. The molecular weight excluding hydrogens is 264 g/mol. The number of hydrogen-bond acceptors (Lipinski definition) is 2. The minimum absolute atomic E-state index is 0.173. The van der Waals surface area contributed by atoms with Crippen molar-refractivity contribution in [3.63, 3.8) is 0 Å². The van der Waals surface area contributed by atoms with Crippen LogP contribution in [-0.2, 0) is 8.85 Å². The minimum atomic E-state index is -2.20. The van der Waals surface area contributed by atoms with Crippen molar-refractivity contribution in [3.8, 4) is 0 Å². The lowest BCUT2D eigenvalue weighted by Crippen LogP contribution is -2.57. The van der Waals surface area contributed by atoms with Gasteiger partial charge in [0.25, 0.3) is 0 Å². The van der Waals surface area contributed by atoms with E-state index < -0.39 is 8.56 Å². The molecule has 1 aliphatic carbocycles. The highest BCUT2D eigenvalue weighted by molar-refractivity contribution is 6.72. The SMILES string of the molecule is CCCO[Si](OCCC)(C1CCCC1)C(C)(C)C(C)C. The first-order valence-electron chi connectivity index (χ1n) is 8.70. The van der Waals surface area contributed by atoms with Gasteiger partial charge in [-0.25, -0.2) is 0 Å². The predicted octanol–water partition coefficient (Wildman–Crippen LogP) is 5.66. The molecule has 0 aromatic carbocycles. The van der Waals surface area contributed by atoms with E-state index in [-0.39, 0.29) is 5.04 Å². The van der Waals surface area contributed by atoms with Gasteiger partial charge >= 0.3 is 8.56 Å². The van der Waals surface area contributed by atoms with Crippen LogP contribution >= 0.6 is 0 Å². The van der Waals surface area contributed by atoms with Crippen LogP contribution in [0.4, 0.5) is 0 Å². The highest BCUT2D eigenvalue weighted by Gasteiger charge is 2.58. The molecule has 2 nitrogen and oxygen atoms in total. The van der Waals surface area contributed by atoms with Crippen LogP contribution in [0.5, 0.6) is 0 Å². The molecule has 0 radical (unpaired) electrons. The van der Waals surface area contributed by atoms with E-state index in [2.05, 4.69) is 41.5 Å². The van der Waals surface area contributed by atoms with Gasteiger partial charge in [0.05, 0.1) is 0 Å². The van der Waals surface area contributed by atoms with Crippen molar-refractivity contribution in [2.24, 2.45) is 5.92 Å². The zero-order valence-corrected chi connectivity index (χ0v) is 15.6. The molecule has 0 aromatic heterocycles. The summed E-state index contributed by atoms with van der Waals surface area (Å²) in [5, 5.41) is 0.173. The van der Waals surface area contributed by atoms with Crippen molar-refractivity contribution in [1.82, 2.24) is 0 Å². The van der Waals surface area contributed by atoms with Crippen LogP contribution in [0.1, 0.15) is 80.1 Å². The third-order valence-corrected chi connectivity index (χ3v) is 10.6. The molecule has 0 unspecified atom stereocenters. The van der Waals surface area contributed by atoms with Crippen molar-refractivity contribution >= 4 is 8.56 Å². The Kier molecular flexibility index (Phi) is 7.23. The second-order valence-electron chi connectivity index (χ2n) is 7.22. The first-order chi connectivity index (χ1) is 9.42. The molecule has 0 amide bonds. The fourth-order valence-electron chi connectivity index (χ4n) is 3.39. The lowest BCUT2D eigenvalue weighted by molar-refractivity contribution is 0.122. The average Bonchev–Trinajstić information content (AvgIpc) is 2.93. The van der Waals surface area contributed by atoms with Crippen LogP contribution in [0, 0.1) is 5.92 Å². The van der Waals surface area contributed by atoms with Gasteiger partial charge < -0.3 is 8.85 Å². The zero-order chi connectivity index (χ0) is 15.2. The molecule has 0 atom stereocenters. The highest BCUT2D eigenvalue weighted by atomic mass is 28.4. The Morgan fingerprint density at radius 3 is 1.80 bits per heavy atom. The van der Waals surface area contributed by atoms with Gasteiger partial charge in [-0.2, -0.15) is 0 Å². The normalized spacial score (nSPS) is 18.1. The molecule has 3 heteroatoms. The summed E-state index contributed by atoms with van der Waals surface area (Å²) < 4.78 is 13.2. The van der Waals surface area contributed by atoms with Crippen LogP contribution in [0.15, 0.2) is 0 Å². The molecule has 0 aliphatic heterocycles. The van der Waals surface area contributed by atoms with Crippen LogP contribution in [-0.4, -0.2) is 21.8 Å². The van der Waals surface area contributed by atoms with Gasteiger partial charge in [0, 0.05) is 23.8 Å². The number of rotatable bonds is 9. The Labute approximate surface area is 127 Å². The topological polar surface area (TPSA) is 18.5 Å². The van der Waals surface area contributed by atoms with E-state index in [9.17, 15) is 0 Å². The zero-order valence-electron chi connectivity index (χ0n) is 14.6. The van der Waals surface area contributed by atoms with Crippen molar-refractivity contribution in [2.75, 3.05) is 13.2 Å². The third-order valence-electron chi connectivity index (χ3n) is 5.28. The molecular formula is C17H36O2Si. The Bertz CT molecular complexity index is 262. The Hall–Kier alpha value is 0.137. The standard InChI is InChI=1S/C17H36O2Si/c1-7-13-18-20(19-14-8-2,16-11-9-10-12-16)17(5,6)15(3)4/h15-16H,7-14H2,1-6H3. The summed E-state index contributed by atoms with van der Waals surface area (Å²) >= 11 is 0. The molecule has 0 aromatic rings. The molecule has 1 saturated carbocycles. The van der Waals surface area contributed by atoms with E-state index in [1.54, 1.807) is 0 Å². The van der Waals surface area contributed by atoms with Crippen LogP contribution in [0.3, 0.4) is 0 Å². The molecule has 1 aliphatic rings. The van der Waals surface area contributed by atoms with E-state index in [1.165, 1.54) is 25.7 Å². The maximum Gasteiger partial charge on any atom is 0.347 e. The van der Waals surface area contributed by atoms with Crippen molar-refractivity contribution in [1.29, 1.82) is 0 Å². The van der Waals surface area contributed by atoms with Gasteiger partial charge in [0.2, 0.25) is 0 Å². The third kappa shape index (κ3) is 3.66. The fraction of sp³-hybridized carbons (Fsp3) is 1.00. The van der Waals surface area contributed by atoms with E-state index in [0.717, 1.165) is 26.1 Å². The summed E-state index contributed by atoms with van der Waals surface area (Å²) in [4.78, 5) is 0. The minimum Gasteiger partial charge on any atom is -0.394 e. The molecule has 0 spiro atoms. The quantitative estimate of drug-likeness (QED) is 0.511. The van der Waals surface area contributed by atoms with Gasteiger partial charge in [-0.15, -0.1) is 0 Å². The van der Waals surface area contributed by atoms with E-state index >= 15 is 0 Å². The van der Waals surface area contributed by atoms with Gasteiger partial charge in [-0.05, 0) is 31.6 Å². The summed E-state index contributed by atoms with van der Waals surface area (Å²) in [6.45, 7) is 15.6. The van der Waals surface area contributed by atoms with E-state index in [0.29, 0.717) is 11.5 Å². The summed E-state index contributed by atoms with van der Waals surface area (Å²) in [5.74, 6) is 0.600. The monoisotopic (exact) mass is 300 g/mol. The maximum atomic E-state index is 6.61. The van der Waals surface area contributed by atoms with Gasteiger partial charge in [0.15, 0.2) is 0 Å². The Balaban J connectivity index is 3.09. The summed E-state index contributed by atoms with van der Waals surface area (Å²) in [7, 11) is -2.20. The Morgan fingerprint density at radius 1 is 1.00 bits per heavy atom. The summed E-state index contributed by atoms with van der Waals surface area (Å²) in [6, 6.07) is 0. The predicted molar refractivity (Wildman–Crippen MR) is 89.3 cm³/mol. The van der Waals surface area contributed by atoms with Crippen molar-refractivity contribution in [3.05, 3.63) is 0 Å². The molecule has 1 rings (SSSR count). The van der Waals surface area contributed by atoms with E-state index in [4.69, 9.17) is 8.85 Å².